The van der Waals surface area contributed by atoms with Crippen molar-refractivity contribution in [3.63, 3.8) is 0 Å². The van der Waals surface area contributed by atoms with Crippen LogP contribution in [0.4, 0.5) is 5.69 Å². The van der Waals surface area contributed by atoms with Crippen LogP contribution in [-0.4, -0.2) is 35.6 Å². The summed E-state index contributed by atoms with van der Waals surface area (Å²) in [4.78, 5) is 6.80. The number of rotatable bonds is 2. The summed E-state index contributed by atoms with van der Waals surface area (Å²) in [6.45, 7) is 3.76. The first-order valence-electron chi connectivity index (χ1n) is 5.92. The summed E-state index contributed by atoms with van der Waals surface area (Å²) in [5.74, 6) is 0.845. The summed E-state index contributed by atoms with van der Waals surface area (Å²) in [5, 5.41) is 3.63. The Morgan fingerprint density at radius 2 is 2.19 bits per heavy atom. The van der Waals surface area contributed by atoms with Gasteiger partial charge < -0.3 is 10.2 Å². The third-order valence-corrected chi connectivity index (χ3v) is 4.39. The molecule has 86 valence electrons. The van der Waals surface area contributed by atoms with Crippen LogP contribution >= 0.6 is 15.9 Å². The Bertz CT molecular complexity index is 374. The van der Waals surface area contributed by atoms with E-state index in [4.69, 9.17) is 0 Å². The average molecular weight is 282 g/mol. The molecule has 3 saturated heterocycles. The molecule has 3 aliphatic rings. The van der Waals surface area contributed by atoms with Gasteiger partial charge in [-0.15, -0.1) is 0 Å². The van der Waals surface area contributed by atoms with Gasteiger partial charge in [-0.05, 0) is 59.9 Å². The normalized spacial score (nSPS) is 32.7. The van der Waals surface area contributed by atoms with E-state index in [0.717, 1.165) is 16.2 Å². The lowest BCUT2D eigenvalue weighted by atomic mass is 9.84. The zero-order valence-corrected chi connectivity index (χ0v) is 10.8. The van der Waals surface area contributed by atoms with Crippen molar-refractivity contribution in [1.82, 2.24) is 9.88 Å². The van der Waals surface area contributed by atoms with Crippen LogP contribution in [-0.2, 0) is 0 Å². The van der Waals surface area contributed by atoms with Crippen LogP contribution in [0.2, 0.25) is 0 Å². The number of hydrogen-bond acceptors (Lipinski definition) is 3. The van der Waals surface area contributed by atoms with E-state index in [1.165, 1.54) is 32.5 Å². The maximum atomic E-state index is 4.25. The Hall–Kier alpha value is -0.610. The lowest BCUT2D eigenvalue weighted by Crippen LogP contribution is -2.53. The van der Waals surface area contributed by atoms with Crippen molar-refractivity contribution in [3.8, 4) is 0 Å². The number of aromatic nitrogens is 1. The zero-order valence-electron chi connectivity index (χ0n) is 9.19. The fourth-order valence-corrected chi connectivity index (χ4v) is 3.19. The molecular formula is C12H16BrN3. The first-order valence-corrected chi connectivity index (χ1v) is 6.71. The van der Waals surface area contributed by atoms with Crippen LogP contribution in [0, 0.1) is 5.92 Å². The van der Waals surface area contributed by atoms with E-state index < -0.39 is 0 Å². The molecule has 0 aliphatic carbocycles. The molecule has 3 nitrogen and oxygen atoms in total. The molecular weight excluding hydrogens is 266 g/mol. The first kappa shape index (κ1) is 10.5. The largest absolute Gasteiger partial charge is 0.379 e. The van der Waals surface area contributed by atoms with Crippen molar-refractivity contribution in [2.45, 2.75) is 18.9 Å². The standard InChI is InChI=1S/C12H16BrN3/c13-12-10(2-1-5-14-12)15-11-8-16-6-3-9(11)4-7-16/h1-2,5,9,11,15H,3-4,6-8H2. The van der Waals surface area contributed by atoms with Crippen molar-refractivity contribution in [2.24, 2.45) is 5.92 Å². The number of nitrogens with one attached hydrogen (secondary N) is 1. The lowest BCUT2D eigenvalue weighted by molar-refractivity contribution is 0.0975. The molecule has 0 radical (unpaired) electrons. The molecule has 1 aromatic rings. The number of nitrogens with zero attached hydrogens (tertiary/aromatic N) is 2. The topological polar surface area (TPSA) is 28.2 Å². The number of anilines is 1. The van der Waals surface area contributed by atoms with Gasteiger partial charge in [0.15, 0.2) is 0 Å². The molecule has 3 aliphatic heterocycles. The number of piperidine rings is 3. The van der Waals surface area contributed by atoms with E-state index in [0.29, 0.717) is 6.04 Å². The Morgan fingerprint density at radius 3 is 2.81 bits per heavy atom. The van der Waals surface area contributed by atoms with Crippen LogP contribution in [0.5, 0.6) is 0 Å². The molecule has 0 saturated carbocycles. The molecule has 0 aromatic carbocycles. The number of fused-ring (bicyclic) bond motifs is 3. The molecule has 1 aromatic heterocycles. The monoisotopic (exact) mass is 281 g/mol. The SMILES string of the molecule is Brc1ncccc1NC1CN2CCC1CC2. The smallest absolute Gasteiger partial charge is 0.129 e. The fraction of sp³-hybridized carbons (Fsp3) is 0.583. The molecule has 0 spiro atoms. The molecule has 3 fully saturated rings. The zero-order chi connectivity index (χ0) is 11.0. The minimum absolute atomic E-state index is 0.600. The summed E-state index contributed by atoms with van der Waals surface area (Å²) >= 11 is 3.49. The highest BCUT2D eigenvalue weighted by Crippen LogP contribution is 2.31. The van der Waals surface area contributed by atoms with E-state index >= 15 is 0 Å². The van der Waals surface area contributed by atoms with Gasteiger partial charge in [0.2, 0.25) is 0 Å². The van der Waals surface area contributed by atoms with Gasteiger partial charge in [-0.3, -0.25) is 0 Å². The van der Waals surface area contributed by atoms with Crippen LogP contribution in [0.15, 0.2) is 22.9 Å². The molecule has 1 unspecified atom stereocenters. The fourth-order valence-electron chi connectivity index (χ4n) is 2.82. The molecule has 0 amide bonds. The minimum Gasteiger partial charge on any atom is -0.379 e. The van der Waals surface area contributed by atoms with E-state index in [1.54, 1.807) is 0 Å². The molecule has 1 N–H and O–H groups in total. The van der Waals surface area contributed by atoms with Gasteiger partial charge in [-0.1, -0.05) is 0 Å². The average Bonchev–Trinajstić information content (AvgIpc) is 2.34. The molecule has 4 heteroatoms. The lowest BCUT2D eigenvalue weighted by Gasteiger charge is -2.45. The van der Waals surface area contributed by atoms with Gasteiger partial charge in [0.25, 0.3) is 0 Å². The minimum atomic E-state index is 0.600. The van der Waals surface area contributed by atoms with Crippen molar-refractivity contribution >= 4 is 21.6 Å². The van der Waals surface area contributed by atoms with Crippen LogP contribution in [0.25, 0.3) is 0 Å². The van der Waals surface area contributed by atoms with E-state index in [9.17, 15) is 0 Å². The maximum Gasteiger partial charge on any atom is 0.129 e. The third kappa shape index (κ3) is 1.96. The highest BCUT2D eigenvalue weighted by atomic mass is 79.9. The summed E-state index contributed by atoms with van der Waals surface area (Å²) in [7, 11) is 0. The summed E-state index contributed by atoms with van der Waals surface area (Å²) in [6.07, 6.45) is 4.50. The van der Waals surface area contributed by atoms with Gasteiger partial charge in [0, 0.05) is 18.8 Å². The highest BCUT2D eigenvalue weighted by molar-refractivity contribution is 9.10. The molecule has 2 bridgehead atoms. The summed E-state index contributed by atoms with van der Waals surface area (Å²) < 4.78 is 0.923. The van der Waals surface area contributed by atoms with Crippen LogP contribution < -0.4 is 5.32 Å². The molecule has 16 heavy (non-hydrogen) atoms. The number of hydrogen-bond donors (Lipinski definition) is 1. The second kappa shape index (κ2) is 4.34. The first-order chi connectivity index (χ1) is 7.83. The van der Waals surface area contributed by atoms with Crippen molar-refractivity contribution < 1.29 is 0 Å². The van der Waals surface area contributed by atoms with Gasteiger partial charge in [-0.2, -0.15) is 0 Å². The second-order valence-electron chi connectivity index (χ2n) is 4.73. The van der Waals surface area contributed by atoms with E-state index in [-0.39, 0.29) is 0 Å². The van der Waals surface area contributed by atoms with E-state index in [1.807, 2.05) is 12.3 Å². The van der Waals surface area contributed by atoms with Crippen molar-refractivity contribution in [3.05, 3.63) is 22.9 Å². The third-order valence-electron chi connectivity index (χ3n) is 3.76. The number of halogens is 1. The Balaban J connectivity index is 1.73. The van der Waals surface area contributed by atoms with Gasteiger partial charge in [0.1, 0.15) is 4.60 Å². The Kier molecular flexibility index (Phi) is 2.86. The molecule has 4 heterocycles. The van der Waals surface area contributed by atoms with Crippen molar-refractivity contribution in [1.29, 1.82) is 0 Å². The maximum absolute atomic E-state index is 4.25. The summed E-state index contributed by atoms with van der Waals surface area (Å²) in [6, 6.07) is 4.67. The Morgan fingerprint density at radius 1 is 1.38 bits per heavy atom. The van der Waals surface area contributed by atoms with Crippen LogP contribution in [0.3, 0.4) is 0 Å². The Labute approximate surface area is 104 Å². The summed E-state index contributed by atoms with van der Waals surface area (Å²) in [5.41, 5.74) is 1.13. The quantitative estimate of drug-likeness (QED) is 0.844. The molecule has 1 atom stereocenters. The number of pyridine rings is 1. The predicted molar refractivity (Wildman–Crippen MR) is 68.5 cm³/mol. The second-order valence-corrected chi connectivity index (χ2v) is 5.48. The highest BCUT2D eigenvalue weighted by Gasteiger charge is 2.34. The van der Waals surface area contributed by atoms with E-state index in [2.05, 4.69) is 37.2 Å². The van der Waals surface area contributed by atoms with Gasteiger partial charge >= 0.3 is 0 Å². The van der Waals surface area contributed by atoms with Gasteiger partial charge in [0.05, 0.1) is 5.69 Å². The van der Waals surface area contributed by atoms with Crippen molar-refractivity contribution in [2.75, 3.05) is 25.0 Å². The van der Waals surface area contributed by atoms with Crippen LogP contribution in [0.1, 0.15) is 12.8 Å². The van der Waals surface area contributed by atoms with Gasteiger partial charge in [-0.25, -0.2) is 4.98 Å². The predicted octanol–water partition coefficient (Wildman–Crippen LogP) is 2.35. The molecule has 4 rings (SSSR count).